The molecule has 2 rings (SSSR count). The van der Waals surface area contributed by atoms with Crippen molar-refractivity contribution in [2.45, 2.75) is 19.3 Å². The number of methoxy groups -OCH3 is 1. The molecule has 1 heterocycles. The van der Waals surface area contributed by atoms with Crippen LogP contribution in [0.1, 0.15) is 30.1 Å². The summed E-state index contributed by atoms with van der Waals surface area (Å²) in [7, 11) is 1.64. The molecule has 1 atom stereocenters. The molecule has 0 spiro atoms. The molecule has 96 valence electrons. The van der Waals surface area contributed by atoms with Crippen LogP contribution < -0.4 is 4.74 Å². The monoisotopic (exact) mass is 247 g/mol. The van der Waals surface area contributed by atoms with Crippen molar-refractivity contribution in [2.75, 3.05) is 13.7 Å². The fourth-order valence-corrected chi connectivity index (χ4v) is 1.64. The second-order valence-electron chi connectivity index (χ2n) is 4.26. The molecule has 0 radical (unpaired) electrons. The fraction of sp³-hybridized carbons (Fsp3) is 0.357. The van der Waals surface area contributed by atoms with Gasteiger partial charge in [-0.1, -0.05) is 19.1 Å². The number of ether oxygens (including phenoxy) is 1. The van der Waals surface area contributed by atoms with E-state index in [1.54, 1.807) is 13.3 Å². The molecule has 4 heteroatoms. The van der Waals surface area contributed by atoms with Crippen molar-refractivity contribution in [2.24, 2.45) is 0 Å². The number of aromatic nitrogens is 1. The first kappa shape index (κ1) is 12.6. The van der Waals surface area contributed by atoms with Crippen molar-refractivity contribution >= 4 is 0 Å². The van der Waals surface area contributed by atoms with Crippen LogP contribution in [-0.2, 0) is 6.42 Å². The Morgan fingerprint density at radius 1 is 1.33 bits per heavy atom. The number of rotatable bonds is 5. The zero-order valence-electron chi connectivity index (χ0n) is 10.6. The molecule has 0 aliphatic rings. The number of nitrogens with zero attached hydrogens (tertiary/aromatic N) is 1. The van der Waals surface area contributed by atoms with E-state index in [9.17, 15) is 0 Å². The van der Waals surface area contributed by atoms with Gasteiger partial charge in [0.1, 0.15) is 11.5 Å². The van der Waals surface area contributed by atoms with E-state index in [4.69, 9.17) is 14.3 Å². The van der Waals surface area contributed by atoms with E-state index in [0.29, 0.717) is 12.3 Å². The number of aliphatic hydroxyl groups is 1. The highest BCUT2D eigenvalue weighted by molar-refractivity contribution is 5.28. The topological polar surface area (TPSA) is 55.5 Å². The molecule has 4 nitrogen and oxygen atoms in total. The van der Waals surface area contributed by atoms with Gasteiger partial charge in [-0.2, -0.15) is 0 Å². The maximum atomic E-state index is 9.04. The Bertz CT molecular complexity index is 490. The summed E-state index contributed by atoms with van der Waals surface area (Å²) >= 11 is 0. The van der Waals surface area contributed by atoms with E-state index in [-0.39, 0.29) is 12.5 Å². The van der Waals surface area contributed by atoms with Crippen LogP contribution in [0.3, 0.4) is 0 Å². The highest BCUT2D eigenvalue weighted by Gasteiger charge is 2.11. The average molecular weight is 247 g/mol. The lowest BCUT2D eigenvalue weighted by Crippen LogP contribution is -1.96. The third kappa shape index (κ3) is 2.90. The minimum absolute atomic E-state index is 0.0119. The van der Waals surface area contributed by atoms with Crippen LogP contribution in [-0.4, -0.2) is 23.8 Å². The van der Waals surface area contributed by atoms with Gasteiger partial charge in [0, 0.05) is 12.3 Å². The van der Waals surface area contributed by atoms with Gasteiger partial charge in [-0.25, -0.2) is 4.98 Å². The summed E-state index contributed by atoms with van der Waals surface area (Å²) < 4.78 is 10.7. The lowest BCUT2D eigenvalue weighted by Gasteiger charge is -2.02. The lowest BCUT2D eigenvalue weighted by atomic mass is 10.1. The molecule has 18 heavy (non-hydrogen) atoms. The SMILES string of the molecule is COc1ccc(Cc2ncc(C(C)CO)o2)cc1. The van der Waals surface area contributed by atoms with Crippen LogP contribution in [0.5, 0.6) is 5.75 Å². The smallest absolute Gasteiger partial charge is 0.198 e. The predicted molar refractivity (Wildman–Crippen MR) is 67.8 cm³/mol. The number of hydrogen-bond donors (Lipinski definition) is 1. The van der Waals surface area contributed by atoms with E-state index in [1.165, 1.54) is 0 Å². The minimum Gasteiger partial charge on any atom is -0.497 e. The van der Waals surface area contributed by atoms with Gasteiger partial charge in [-0.3, -0.25) is 0 Å². The largest absolute Gasteiger partial charge is 0.497 e. The summed E-state index contributed by atoms with van der Waals surface area (Å²) in [4.78, 5) is 4.21. The predicted octanol–water partition coefficient (Wildman–Crippen LogP) is 2.37. The highest BCUT2D eigenvalue weighted by atomic mass is 16.5. The Labute approximate surface area is 106 Å². The second kappa shape index (κ2) is 5.69. The standard InChI is InChI=1S/C14H17NO3/c1-10(9-16)13-8-15-14(18-13)7-11-3-5-12(17-2)6-4-11/h3-6,8,10,16H,7,9H2,1-2H3. The molecule has 0 bridgehead atoms. The molecule has 2 aromatic rings. The van der Waals surface area contributed by atoms with Crippen LogP contribution in [0.25, 0.3) is 0 Å². The molecule has 0 saturated carbocycles. The van der Waals surface area contributed by atoms with Crippen LogP contribution in [0, 0.1) is 0 Å². The Balaban J connectivity index is 2.06. The molecule has 0 amide bonds. The molecule has 0 fully saturated rings. The van der Waals surface area contributed by atoms with Crippen molar-refractivity contribution < 1.29 is 14.3 Å². The van der Waals surface area contributed by atoms with Gasteiger partial charge >= 0.3 is 0 Å². The second-order valence-corrected chi connectivity index (χ2v) is 4.26. The zero-order valence-corrected chi connectivity index (χ0v) is 10.6. The molecule has 0 saturated heterocycles. The normalized spacial score (nSPS) is 12.4. The number of oxazole rings is 1. The summed E-state index contributed by atoms with van der Waals surface area (Å²) in [5, 5.41) is 9.04. The Kier molecular flexibility index (Phi) is 3.99. The van der Waals surface area contributed by atoms with Crippen molar-refractivity contribution in [1.82, 2.24) is 4.98 Å². The van der Waals surface area contributed by atoms with E-state index in [2.05, 4.69) is 4.98 Å². The van der Waals surface area contributed by atoms with Gasteiger partial charge in [0.05, 0.1) is 19.9 Å². The van der Waals surface area contributed by atoms with E-state index < -0.39 is 0 Å². The van der Waals surface area contributed by atoms with Gasteiger partial charge in [0.25, 0.3) is 0 Å². The summed E-state index contributed by atoms with van der Waals surface area (Å²) in [6, 6.07) is 7.79. The quantitative estimate of drug-likeness (QED) is 0.881. The maximum absolute atomic E-state index is 9.04. The third-order valence-corrected chi connectivity index (χ3v) is 2.85. The molecular weight excluding hydrogens is 230 g/mol. The first-order chi connectivity index (χ1) is 8.72. The molecule has 1 aromatic heterocycles. The van der Waals surface area contributed by atoms with Gasteiger partial charge in [0.2, 0.25) is 0 Å². The van der Waals surface area contributed by atoms with Crippen molar-refractivity contribution in [1.29, 1.82) is 0 Å². The van der Waals surface area contributed by atoms with Gasteiger partial charge in [-0.15, -0.1) is 0 Å². The number of benzene rings is 1. The van der Waals surface area contributed by atoms with Crippen LogP contribution in [0.15, 0.2) is 34.9 Å². The first-order valence-corrected chi connectivity index (χ1v) is 5.91. The summed E-state index contributed by atoms with van der Waals surface area (Å²) in [5.41, 5.74) is 1.11. The van der Waals surface area contributed by atoms with Crippen LogP contribution in [0.2, 0.25) is 0 Å². The van der Waals surface area contributed by atoms with Gasteiger partial charge in [-0.05, 0) is 17.7 Å². The fourth-order valence-electron chi connectivity index (χ4n) is 1.64. The summed E-state index contributed by atoms with van der Waals surface area (Å²) in [5.74, 6) is 2.21. The Morgan fingerprint density at radius 2 is 2.06 bits per heavy atom. The molecule has 0 aliphatic heterocycles. The average Bonchev–Trinajstić information content (AvgIpc) is 2.87. The van der Waals surface area contributed by atoms with Gasteiger partial charge in [0.15, 0.2) is 5.89 Å². The van der Waals surface area contributed by atoms with E-state index in [1.807, 2.05) is 31.2 Å². The van der Waals surface area contributed by atoms with E-state index >= 15 is 0 Å². The third-order valence-electron chi connectivity index (χ3n) is 2.85. The highest BCUT2D eigenvalue weighted by Crippen LogP contribution is 2.18. The van der Waals surface area contributed by atoms with Crippen LogP contribution >= 0.6 is 0 Å². The molecule has 0 aliphatic carbocycles. The summed E-state index contributed by atoms with van der Waals surface area (Å²) in [6.07, 6.45) is 2.32. The van der Waals surface area contributed by atoms with Crippen LogP contribution in [0.4, 0.5) is 0 Å². The zero-order chi connectivity index (χ0) is 13.0. The Hall–Kier alpha value is -1.81. The molecule has 1 unspecified atom stereocenters. The maximum Gasteiger partial charge on any atom is 0.198 e. The molecular formula is C14H17NO3. The van der Waals surface area contributed by atoms with E-state index in [0.717, 1.165) is 17.1 Å². The first-order valence-electron chi connectivity index (χ1n) is 5.91. The van der Waals surface area contributed by atoms with Crippen molar-refractivity contribution in [3.63, 3.8) is 0 Å². The Morgan fingerprint density at radius 3 is 2.67 bits per heavy atom. The van der Waals surface area contributed by atoms with Crippen molar-refractivity contribution in [3.8, 4) is 5.75 Å². The number of hydrogen-bond acceptors (Lipinski definition) is 4. The lowest BCUT2D eigenvalue weighted by molar-refractivity contribution is 0.255. The molecule has 1 N–H and O–H groups in total. The van der Waals surface area contributed by atoms with Gasteiger partial charge < -0.3 is 14.3 Å². The van der Waals surface area contributed by atoms with Crippen molar-refractivity contribution in [3.05, 3.63) is 47.7 Å². The molecule has 1 aromatic carbocycles. The number of aliphatic hydroxyl groups excluding tert-OH is 1. The minimum atomic E-state index is -0.0119. The summed E-state index contributed by atoms with van der Waals surface area (Å²) in [6.45, 7) is 1.97.